The van der Waals surface area contributed by atoms with Crippen LogP contribution < -0.4 is 15.1 Å². The van der Waals surface area contributed by atoms with Crippen LogP contribution in [0.1, 0.15) is 18.4 Å². The van der Waals surface area contributed by atoms with E-state index in [0.717, 1.165) is 57.2 Å². The minimum atomic E-state index is 0.154. The average molecular weight is 354 g/mol. The first-order chi connectivity index (χ1) is 11.7. The van der Waals surface area contributed by atoms with Crippen LogP contribution in [-0.4, -0.2) is 57.9 Å². The maximum absolute atomic E-state index is 12.1. The predicted molar refractivity (Wildman–Crippen MR) is 93.4 cm³/mol. The Morgan fingerprint density at radius 3 is 2.54 bits per heavy atom. The second kappa shape index (κ2) is 8.81. The number of hydrogen-bond donors (Lipinski definition) is 3. The number of hydrogen-bond acceptors (Lipinski definition) is 2. The van der Waals surface area contributed by atoms with Crippen molar-refractivity contribution in [2.45, 2.75) is 25.5 Å². The molecule has 0 aromatic heterocycles. The molecule has 132 valence electrons. The van der Waals surface area contributed by atoms with Gasteiger partial charge in [0.25, 0.3) is 5.91 Å². The van der Waals surface area contributed by atoms with Crippen LogP contribution in [0, 0.1) is 0 Å². The Kier molecular flexibility index (Phi) is 6.49. The number of carbonyl (C=O) groups excluding carboxylic acids is 1. The lowest BCUT2D eigenvalue weighted by atomic mass is 10.2. The summed E-state index contributed by atoms with van der Waals surface area (Å²) in [6.07, 6.45) is 2.41. The zero-order valence-electron chi connectivity index (χ0n) is 14.2. The highest BCUT2D eigenvalue weighted by Crippen LogP contribution is 2.10. The van der Waals surface area contributed by atoms with Crippen molar-refractivity contribution in [1.82, 2.24) is 5.32 Å². The van der Waals surface area contributed by atoms with E-state index in [0.29, 0.717) is 13.1 Å². The number of ether oxygens (including phenoxy) is 1. The van der Waals surface area contributed by atoms with Crippen molar-refractivity contribution in [2.75, 3.05) is 45.9 Å². The van der Waals surface area contributed by atoms with E-state index in [9.17, 15) is 4.79 Å². The van der Waals surface area contributed by atoms with E-state index in [2.05, 4.69) is 17.4 Å². The largest absolute Gasteiger partial charge is 0.376 e. The second-order valence-electron chi connectivity index (χ2n) is 6.92. The van der Waals surface area contributed by atoms with Crippen molar-refractivity contribution in [3.63, 3.8) is 0 Å². The van der Waals surface area contributed by atoms with Crippen LogP contribution in [0.5, 0.6) is 0 Å². The number of piperazine rings is 1. The topological polar surface area (TPSA) is 47.2 Å². The van der Waals surface area contributed by atoms with E-state index in [1.807, 2.05) is 12.1 Å². The fraction of sp³-hybridized carbons (Fsp3) is 0.611. The molecule has 2 aliphatic rings. The maximum Gasteiger partial charge on any atom is 0.275 e. The molecule has 0 aliphatic carbocycles. The summed E-state index contributed by atoms with van der Waals surface area (Å²) in [7, 11) is 0. The van der Waals surface area contributed by atoms with Gasteiger partial charge in [-0.25, -0.2) is 0 Å². The number of benzene rings is 1. The molecule has 2 aliphatic heterocycles. The third-order valence-corrected chi connectivity index (χ3v) is 5.25. The molecule has 1 aromatic rings. The Hall–Kier alpha value is -1.14. The molecule has 24 heavy (non-hydrogen) atoms. The highest BCUT2D eigenvalue weighted by Gasteiger charge is 2.25. The number of halogens is 1. The van der Waals surface area contributed by atoms with E-state index in [1.54, 1.807) is 4.90 Å². The standard InChI is InChI=1S/C18H26ClN3O2/c19-16-5-3-15(4-6-16)13-21-7-9-22(10-8-21)14-18(23)20-12-17-2-1-11-24-17/h3-6,17H,1-2,7-14H2,(H,20,23)/p+2/t17-/m0/s1. The first-order valence-electron chi connectivity index (χ1n) is 8.99. The van der Waals surface area contributed by atoms with Gasteiger partial charge in [0.05, 0.1) is 6.10 Å². The van der Waals surface area contributed by atoms with Gasteiger partial charge in [0.15, 0.2) is 6.54 Å². The summed E-state index contributed by atoms with van der Waals surface area (Å²) >= 11 is 5.93. The van der Waals surface area contributed by atoms with Crippen LogP contribution in [0.3, 0.4) is 0 Å². The van der Waals surface area contributed by atoms with Crippen molar-refractivity contribution in [2.24, 2.45) is 0 Å². The number of nitrogens with one attached hydrogen (secondary N) is 3. The van der Waals surface area contributed by atoms with E-state index in [1.165, 1.54) is 10.5 Å². The number of carbonyl (C=O) groups is 1. The Morgan fingerprint density at radius 1 is 1.17 bits per heavy atom. The summed E-state index contributed by atoms with van der Waals surface area (Å²) in [5.74, 6) is 0.154. The molecular weight excluding hydrogens is 326 g/mol. The van der Waals surface area contributed by atoms with Gasteiger partial charge in [0.2, 0.25) is 0 Å². The van der Waals surface area contributed by atoms with Gasteiger partial charge < -0.3 is 19.9 Å². The normalized spacial score (nSPS) is 27.1. The predicted octanol–water partition coefficient (Wildman–Crippen LogP) is -1.08. The molecule has 1 aromatic carbocycles. The smallest absolute Gasteiger partial charge is 0.275 e. The average Bonchev–Trinajstić information content (AvgIpc) is 3.10. The monoisotopic (exact) mass is 353 g/mol. The van der Waals surface area contributed by atoms with Gasteiger partial charge in [-0.1, -0.05) is 23.7 Å². The zero-order chi connectivity index (χ0) is 16.8. The van der Waals surface area contributed by atoms with Gasteiger partial charge in [-0.2, -0.15) is 0 Å². The fourth-order valence-electron chi connectivity index (χ4n) is 3.52. The molecule has 2 heterocycles. The molecule has 1 amide bonds. The van der Waals surface area contributed by atoms with Gasteiger partial charge >= 0.3 is 0 Å². The molecule has 0 spiro atoms. The fourth-order valence-corrected chi connectivity index (χ4v) is 3.65. The van der Waals surface area contributed by atoms with Crippen molar-refractivity contribution in [3.8, 4) is 0 Å². The molecule has 3 N–H and O–H groups in total. The molecule has 0 saturated carbocycles. The SMILES string of the molecule is O=C(C[NH+]1CC[NH+](Cc2ccc(Cl)cc2)CC1)NC[C@@H]1CCCO1. The summed E-state index contributed by atoms with van der Waals surface area (Å²) in [4.78, 5) is 15.0. The van der Waals surface area contributed by atoms with E-state index < -0.39 is 0 Å². The minimum absolute atomic E-state index is 0.154. The summed E-state index contributed by atoms with van der Waals surface area (Å²) in [5.41, 5.74) is 1.33. The Morgan fingerprint density at radius 2 is 1.88 bits per heavy atom. The van der Waals surface area contributed by atoms with Crippen LogP contribution in [0.4, 0.5) is 0 Å². The Bertz CT molecular complexity index is 524. The van der Waals surface area contributed by atoms with Gasteiger partial charge in [0.1, 0.15) is 32.7 Å². The highest BCUT2D eigenvalue weighted by molar-refractivity contribution is 6.30. The molecule has 2 saturated heterocycles. The maximum atomic E-state index is 12.1. The summed E-state index contributed by atoms with van der Waals surface area (Å²) < 4.78 is 5.54. The van der Waals surface area contributed by atoms with Crippen molar-refractivity contribution >= 4 is 17.5 Å². The molecule has 6 heteroatoms. The minimum Gasteiger partial charge on any atom is -0.376 e. The molecule has 1 atom stereocenters. The lowest BCUT2D eigenvalue weighted by molar-refractivity contribution is -1.02. The summed E-state index contributed by atoms with van der Waals surface area (Å²) in [6.45, 7) is 7.45. The lowest BCUT2D eigenvalue weighted by Crippen LogP contribution is -3.28. The summed E-state index contributed by atoms with van der Waals surface area (Å²) in [6, 6.07) is 8.12. The van der Waals surface area contributed by atoms with Gasteiger partial charge in [0, 0.05) is 23.7 Å². The molecule has 2 fully saturated rings. The van der Waals surface area contributed by atoms with Crippen molar-refractivity contribution < 1.29 is 19.3 Å². The van der Waals surface area contributed by atoms with Crippen LogP contribution in [0.15, 0.2) is 24.3 Å². The van der Waals surface area contributed by atoms with Gasteiger partial charge in [-0.3, -0.25) is 4.79 Å². The lowest BCUT2D eigenvalue weighted by Gasteiger charge is -2.29. The third kappa shape index (κ3) is 5.45. The molecular formula is C18H28ClN3O2+2. The summed E-state index contributed by atoms with van der Waals surface area (Å²) in [5, 5.41) is 3.81. The Balaban J connectivity index is 1.34. The molecule has 0 unspecified atom stereocenters. The molecule has 0 bridgehead atoms. The van der Waals surface area contributed by atoms with Gasteiger partial charge in [-0.05, 0) is 25.0 Å². The first-order valence-corrected chi connectivity index (χ1v) is 9.37. The van der Waals surface area contributed by atoms with E-state index >= 15 is 0 Å². The van der Waals surface area contributed by atoms with Crippen LogP contribution >= 0.6 is 11.6 Å². The van der Waals surface area contributed by atoms with Crippen LogP contribution in [0.25, 0.3) is 0 Å². The van der Waals surface area contributed by atoms with E-state index in [-0.39, 0.29) is 12.0 Å². The zero-order valence-corrected chi connectivity index (χ0v) is 14.9. The number of quaternary nitrogens is 2. The van der Waals surface area contributed by atoms with Crippen LogP contribution in [-0.2, 0) is 16.1 Å². The first kappa shape index (κ1) is 17.7. The van der Waals surface area contributed by atoms with Crippen LogP contribution in [0.2, 0.25) is 5.02 Å². The van der Waals surface area contributed by atoms with Crippen molar-refractivity contribution in [3.05, 3.63) is 34.9 Å². The number of rotatable bonds is 6. The second-order valence-corrected chi connectivity index (χ2v) is 7.36. The molecule has 5 nitrogen and oxygen atoms in total. The quantitative estimate of drug-likeness (QED) is 0.609. The molecule has 0 radical (unpaired) electrons. The third-order valence-electron chi connectivity index (χ3n) is 4.99. The van der Waals surface area contributed by atoms with Gasteiger partial charge in [-0.15, -0.1) is 0 Å². The van der Waals surface area contributed by atoms with Crippen molar-refractivity contribution in [1.29, 1.82) is 0 Å². The molecule has 3 rings (SSSR count). The van der Waals surface area contributed by atoms with E-state index in [4.69, 9.17) is 16.3 Å². The number of amides is 1. The Labute approximate surface area is 148 Å². The highest BCUT2D eigenvalue weighted by atomic mass is 35.5.